The SMILES string of the molecule is CN(c1nc(-c2ccncc2F)cc(=O)n1C)C1C2CN(C(=O)c3ccc(C(F)(F)F)cc3)CC21. The zero-order chi connectivity index (χ0) is 25.1. The Hall–Kier alpha value is -3.76. The Morgan fingerprint density at radius 3 is 2.37 bits per heavy atom. The number of hydrogen-bond donors (Lipinski definition) is 0. The first-order chi connectivity index (χ1) is 16.6. The van der Waals surface area contributed by atoms with E-state index in [9.17, 15) is 27.2 Å². The third-order valence-corrected chi connectivity index (χ3v) is 6.82. The van der Waals surface area contributed by atoms with Crippen LogP contribution in [0.5, 0.6) is 0 Å². The van der Waals surface area contributed by atoms with Crippen LogP contribution in [0.2, 0.25) is 0 Å². The molecule has 1 saturated heterocycles. The molecule has 182 valence electrons. The molecule has 1 aliphatic heterocycles. The highest BCUT2D eigenvalue weighted by atomic mass is 19.4. The number of alkyl halides is 3. The molecule has 1 aromatic carbocycles. The predicted molar refractivity (Wildman–Crippen MR) is 119 cm³/mol. The van der Waals surface area contributed by atoms with E-state index in [1.807, 2.05) is 4.90 Å². The number of benzene rings is 1. The Balaban J connectivity index is 1.30. The Kier molecular flexibility index (Phi) is 5.37. The summed E-state index contributed by atoms with van der Waals surface area (Å²) in [6.45, 7) is 0.901. The minimum atomic E-state index is -4.46. The second-order valence-corrected chi connectivity index (χ2v) is 8.91. The van der Waals surface area contributed by atoms with E-state index >= 15 is 0 Å². The number of hydrogen-bond acceptors (Lipinski definition) is 5. The maximum absolute atomic E-state index is 14.2. The fourth-order valence-corrected chi connectivity index (χ4v) is 4.92. The molecule has 11 heteroatoms. The molecular formula is C24H21F4N5O2. The van der Waals surface area contributed by atoms with Crippen LogP contribution in [-0.2, 0) is 13.2 Å². The number of carbonyl (C=O) groups is 1. The minimum Gasteiger partial charge on any atom is -0.342 e. The van der Waals surface area contributed by atoms with E-state index in [2.05, 4.69) is 9.97 Å². The number of nitrogens with zero attached hydrogens (tertiary/aromatic N) is 5. The standard InChI is InChI=1S/C24H21F4N5O2/c1-31-20(34)9-19(15-7-8-29-10-18(15)25)30-23(31)32(2)21-16-11-33(12-17(16)21)22(35)13-3-5-14(6-4-13)24(26,27)28/h3-10,16-17,21H,11-12H2,1-2H3. The first kappa shape index (κ1) is 23.0. The Bertz CT molecular complexity index is 1340. The highest BCUT2D eigenvalue weighted by Crippen LogP contribution is 2.49. The summed E-state index contributed by atoms with van der Waals surface area (Å²) < 4.78 is 54.0. The zero-order valence-electron chi connectivity index (χ0n) is 18.8. The fraction of sp³-hybridized carbons (Fsp3) is 0.333. The van der Waals surface area contributed by atoms with Crippen molar-refractivity contribution in [1.82, 2.24) is 19.4 Å². The molecule has 0 spiro atoms. The molecule has 7 nitrogen and oxygen atoms in total. The van der Waals surface area contributed by atoms with Gasteiger partial charge in [-0.2, -0.15) is 13.2 Å². The molecule has 1 aliphatic carbocycles. The molecule has 2 aliphatic rings. The number of rotatable bonds is 4. The predicted octanol–water partition coefficient (Wildman–Crippen LogP) is 3.21. The minimum absolute atomic E-state index is 0.0299. The quantitative estimate of drug-likeness (QED) is 0.529. The van der Waals surface area contributed by atoms with Crippen LogP contribution in [0.1, 0.15) is 15.9 Å². The summed E-state index contributed by atoms with van der Waals surface area (Å²) in [7, 11) is 3.39. The smallest absolute Gasteiger partial charge is 0.342 e. The number of likely N-dealkylation sites (tertiary alicyclic amines) is 1. The molecule has 3 aromatic rings. The van der Waals surface area contributed by atoms with Crippen LogP contribution >= 0.6 is 0 Å². The van der Waals surface area contributed by atoms with Crippen molar-refractivity contribution in [2.75, 3.05) is 25.0 Å². The Morgan fingerprint density at radius 1 is 1.11 bits per heavy atom. The molecule has 2 fully saturated rings. The molecule has 0 N–H and O–H groups in total. The molecule has 1 amide bonds. The van der Waals surface area contributed by atoms with Gasteiger partial charge in [0.2, 0.25) is 5.95 Å². The normalized spacial score (nSPS) is 21.1. The first-order valence-corrected chi connectivity index (χ1v) is 10.9. The molecule has 0 bridgehead atoms. The number of fused-ring (bicyclic) bond motifs is 1. The van der Waals surface area contributed by atoms with E-state index in [1.165, 1.54) is 35.0 Å². The van der Waals surface area contributed by atoms with Crippen molar-refractivity contribution in [3.05, 3.63) is 76.1 Å². The van der Waals surface area contributed by atoms with Crippen LogP contribution in [0, 0.1) is 17.7 Å². The third kappa shape index (κ3) is 4.04. The van der Waals surface area contributed by atoms with Gasteiger partial charge in [0.15, 0.2) is 5.82 Å². The number of anilines is 1. The van der Waals surface area contributed by atoms with E-state index in [4.69, 9.17) is 0 Å². The van der Waals surface area contributed by atoms with Gasteiger partial charge in [-0.25, -0.2) is 9.37 Å². The van der Waals surface area contributed by atoms with Gasteiger partial charge in [-0.05, 0) is 30.3 Å². The van der Waals surface area contributed by atoms with Crippen molar-refractivity contribution in [3.8, 4) is 11.3 Å². The number of carbonyl (C=O) groups excluding carboxylic acids is 1. The maximum Gasteiger partial charge on any atom is 0.416 e. The summed E-state index contributed by atoms with van der Waals surface area (Å²) in [5.74, 6) is -0.243. The van der Waals surface area contributed by atoms with Gasteiger partial charge in [0.25, 0.3) is 11.5 Å². The second kappa shape index (κ2) is 8.17. The molecule has 3 heterocycles. The summed E-state index contributed by atoms with van der Waals surface area (Å²) in [5.41, 5.74) is -0.540. The number of piperidine rings is 1. The molecule has 1 saturated carbocycles. The number of aromatic nitrogens is 3. The van der Waals surface area contributed by atoms with Crippen LogP contribution in [-0.4, -0.2) is 51.5 Å². The van der Waals surface area contributed by atoms with Crippen LogP contribution in [0.25, 0.3) is 11.3 Å². The van der Waals surface area contributed by atoms with Gasteiger partial charge in [-0.1, -0.05) is 0 Å². The van der Waals surface area contributed by atoms with Crippen LogP contribution in [0.4, 0.5) is 23.5 Å². The van der Waals surface area contributed by atoms with E-state index in [1.54, 1.807) is 19.0 Å². The molecule has 5 rings (SSSR count). The highest BCUT2D eigenvalue weighted by molar-refractivity contribution is 5.94. The van der Waals surface area contributed by atoms with Gasteiger partial charge < -0.3 is 9.80 Å². The third-order valence-electron chi connectivity index (χ3n) is 6.82. The van der Waals surface area contributed by atoms with E-state index in [-0.39, 0.29) is 46.2 Å². The zero-order valence-corrected chi connectivity index (χ0v) is 18.8. The summed E-state index contributed by atoms with van der Waals surface area (Å²) in [5, 5.41) is 0. The number of halogens is 4. The Morgan fingerprint density at radius 2 is 1.77 bits per heavy atom. The largest absolute Gasteiger partial charge is 0.416 e. The molecule has 35 heavy (non-hydrogen) atoms. The Labute approximate surface area is 197 Å². The van der Waals surface area contributed by atoms with Crippen molar-refractivity contribution >= 4 is 11.9 Å². The fourth-order valence-electron chi connectivity index (χ4n) is 4.92. The van der Waals surface area contributed by atoms with Gasteiger partial charge in [0, 0.05) is 68.5 Å². The average Bonchev–Trinajstić information content (AvgIpc) is 3.32. The summed E-state index contributed by atoms with van der Waals surface area (Å²) >= 11 is 0. The van der Waals surface area contributed by atoms with Gasteiger partial charge in [-0.15, -0.1) is 0 Å². The van der Waals surface area contributed by atoms with Crippen molar-refractivity contribution in [3.63, 3.8) is 0 Å². The number of pyridine rings is 1. The summed E-state index contributed by atoms with van der Waals surface area (Å²) in [6.07, 6.45) is -1.97. The van der Waals surface area contributed by atoms with Gasteiger partial charge >= 0.3 is 6.18 Å². The monoisotopic (exact) mass is 487 g/mol. The van der Waals surface area contributed by atoms with Gasteiger partial charge in [-0.3, -0.25) is 19.1 Å². The number of amides is 1. The van der Waals surface area contributed by atoms with Crippen molar-refractivity contribution in [2.24, 2.45) is 18.9 Å². The summed E-state index contributed by atoms with van der Waals surface area (Å²) in [6, 6.07) is 6.97. The molecule has 2 atom stereocenters. The lowest BCUT2D eigenvalue weighted by Gasteiger charge is -2.26. The van der Waals surface area contributed by atoms with Gasteiger partial charge in [0.1, 0.15) is 0 Å². The topological polar surface area (TPSA) is 71.3 Å². The van der Waals surface area contributed by atoms with Crippen molar-refractivity contribution < 1.29 is 22.4 Å². The average molecular weight is 487 g/mol. The lowest BCUT2D eigenvalue weighted by molar-refractivity contribution is -0.137. The highest BCUT2D eigenvalue weighted by Gasteiger charge is 2.59. The van der Waals surface area contributed by atoms with Crippen LogP contribution < -0.4 is 10.5 Å². The van der Waals surface area contributed by atoms with Crippen LogP contribution in [0.3, 0.4) is 0 Å². The lowest BCUT2D eigenvalue weighted by Crippen LogP contribution is -2.38. The second-order valence-electron chi connectivity index (χ2n) is 8.91. The van der Waals surface area contributed by atoms with Crippen molar-refractivity contribution in [1.29, 1.82) is 0 Å². The van der Waals surface area contributed by atoms with E-state index in [0.29, 0.717) is 19.0 Å². The molecular weight excluding hydrogens is 466 g/mol. The van der Waals surface area contributed by atoms with Crippen LogP contribution in [0.15, 0.2) is 53.6 Å². The molecule has 2 unspecified atom stereocenters. The van der Waals surface area contributed by atoms with Gasteiger partial charge in [0.05, 0.1) is 17.5 Å². The maximum atomic E-state index is 14.2. The lowest BCUT2D eigenvalue weighted by atomic mass is 10.1. The van der Waals surface area contributed by atoms with Crippen molar-refractivity contribution in [2.45, 2.75) is 12.2 Å². The van der Waals surface area contributed by atoms with E-state index in [0.717, 1.165) is 18.3 Å². The summed E-state index contributed by atoms with van der Waals surface area (Å²) in [4.78, 5) is 37.1. The molecule has 2 aromatic heterocycles. The first-order valence-electron chi connectivity index (χ1n) is 10.9. The molecule has 0 radical (unpaired) electrons. The van der Waals surface area contributed by atoms with E-state index < -0.39 is 17.6 Å².